The van der Waals surface area contributed by atoms with E-state index in [2.05, 4.69) is 10.3 Å². The molecule has 0 radical (unpaired) electrons. The first-order valence-electron chi connectivity index (χ1n) is 11.1. The van der Waals surface area contributed by atoms with Crippen molar-refractivity contribution in [2.45, 2.75) is 12.5 Å². The van der Waals surface area contributed by atoms with Crippen LogP contribution in [-0.4, -0.2) is 35.7 Å². The largest absolute Gasteiger partial charge is 0.486 e. The molecule has 8 heteroatoms. The number of nitrogens with zero attached hydrogens (tertiary/aromatic N) is 1. The highest BCUT2D eigenvalue weighted by Gasteiger charge is 2.35. The highest BCUT2D eigenvalue weighted by Crippen LogP contribution is 2.40. The maximum Gasteiger partial charge on any atom is 0.322 e. The maximum atomic E-state index is 13.7. The van der Waals surface area contributed by atoms with E-state index in [0.717, 1.165) is 27.7 Å². The summed E-state index contributed by atoms with van der Waals surface area (Å²) in [5.74, 6) is 0.941. The Hall–Kier alpha value is -3.71. The van der Waals surface area contributed by atoms with Crippen molar-refractivity contribution in [1.29, 1.82) is 0 Å². The average molecular weight is 478 g/mol. The Bertz CT molecular complexity index is 1400. The number of aromatic amines is 1. The second-order valence-corrected chi connectivity index (χ2v) is 8.83. The number of carbonyl (C=O) groups is 1. The van der Waals surface area contributed by atoms with E-state index >= 15 is 0 Å². The fraction of sp³-hybridized carbons (Fsp3) is 0.192. The van der Waals surface area contributed by atoms with Gasteiger partial charge in [0.1, 0.15) is 19.0 Å². The predicted molar refractivity (Wildman–Crippen MR) is 128 cm³/mol. The number of hydrogen-bond acceptors (Lipinski definition) is 3. The predicted octanol–water partition coefficient (Wildman–Crippen LogP) is 5.91. The first-order valence-corrected chi connectivity index (χ1v) is 11.5. The third kappa shape index (κ3) is 3.62. The van der Waals surface area contributed by atoms with Gasteiger partial charge in [-0.3, -0.25) is 0 Å². The fourth-order valence-electron chi connectivity index (χ4n) is 4.79. The van der Waals surface area contributed by atoms with E-state index in [1.54, 1.807) is 35.2 Å². The molecule has 3 heterocycles. The van der Waals surface area contributed by atoms with E-state index in [-0.39, 0.29) is 11.8 Å². The number of ether oxygens (including phenoxy) is 2. The SMILES string of the molecule is O=C(Nc1ccc2c(c1)OCCO2)N1CCc2c([nH]c3ccc(Cl)cc23)[C@@H]1c1ccc(F)cc1. The lowest BCUT2D eigenvalue weighted by Gasteiger charge is -2.36. The lowest BCUT2D eigenvalue weighted by molar-refractivity contribution is 0.171. The van der Waals surface area contributed by atoms with Gasteiger partial charge in [0, 0.05) is 39.9 Å². The molecule has 2 amide bonds. The molecule has 0 fully saturated rings. The maximum absolute atomic E-state index is 13.7. The Labute approximate surface area is 200 Å². The molecule has 4 aromatic rings. The number of nitrogens with one attached hydrogen (secondary N) is 2. The zero-order chi connectivity index (χ0) is 23.2. The molecule has 0 saturated heterocycles. The second-order valence-electron chi connectivity index (χ2n) is 8.39. The highest BCUT2D eigenvalue weighted by molar-refractivity contribution is 6.31. The molecule has 3 aromatic carbocycles. The van der Waals surface area contributed by atoms with Gasteiger partial charge in [-0.2, -0.15) is 0 Å². The minimum atomic E-state index is -0.410. The number of H-pyrrole nitrogens is 1. The van der Waals surface area contributed by atoms with E-state index in [1.165, 1.54) is 12.1 Å². The van der Waals surface area contributed by atoms with Gasteiger partial charge in [-0.15, -0.1) is 0 Å². The third-order valence-electron chi connectivity index (χ3n) is 6.33. The summed E-state index contributed by atoms with van der Waals surface area (Å²) < 4.78 is 24.9. The molecular formula is C26H21ClFN3O3. The summed E-state index contributed by atoms with van der Waals surface area (Å²) in [5.41, 5.74) is 4.41. The molecule has 2 N–H and O–H groups in total. The Morgan fingerprint density at radius 1 is 1.03 bits per heavy atom. The molecule has 6 nitrogen and oxygen atoms in total. The van der Waals surface area contributed by atoms with Gasteiger partial charge in [0.25, 0.3) is 0 Å². The van der Waals surface area contributed by atoms with Crippen molar-refractivity contribution in [3.63, 3.8) is 0 Å². The standard InChI is InChI=1S/C26H21ClFN3O3/c27-16-3-7-21-20(13-16)19-9-10-31(25(24(19)30-21)15-1-4-17(28)5-2-15)26(32)29-18-6-8-22-23(14-18)34-12-11-33-22/h1-8,13-14,25,30H,9-12H2,(H,29,32)/t25-/m0/s1. The summed E-state index contributed by atoms with van der Waals surface area (Å²) >= 11 is 6.26. The summed E-state index contributed by atoms with van der Waals surface area (Å²) in [7, 11) is 0. The van der Waals surface area contributed by atoms with Gasteiger partial charge in [-0.05, 0) is 60.0 Å². The minimum Gasteiger partial charge on any atom is -0.486 e. The number of aromatic nitrogens is 1. The zero-order valence-corrected chi connectivity index (χ0v) is 18.9. The summed E-state index contributed by atoms with van der Waals surface area (Å²) in [6.45, 7) is 1.46. The van der Waals surface area contributed by atoms with Crippen molar-refractivity contribution >= 4 is 34.2 Å². The van der Waals surface area contributed by atoms with Crippen LogP contribution < -0.4 is 14.8 Å². The van der Waals surface area contributed by atoms with Crippen molar-refractivity contribution in [1.82, 2.24) is 9.88 Å². The fourth-order valence-corrected chi connectivity index (χ4v) is 4.96. The van der Waals surface area contributed by atoms with E-state index < -0.39 is 6.04 Å². The van der Waals surface area contributed by atoms with Crippen LogP contribution in [0.5, 0.6) is 11.5 Å². The Kier molecular flexibility index (Phi) is 5.07. The van der Waals surface area contributed by atoms with Gasteiger partial charge in [0.05, 0.1) is 6.04 Å². The van der Waals surface area contributed by atoms with Gasteiger partial charge >= 0.3 is 6.03 Å². The number of urea groups is 1. The van der Waals surface area contributed by atoms with Crippen LogP contribution in [-0.2, 0) is 6.42 Å². The molecule has 0 spiro atoms. The summed E-state index contributed by atoms with van der Waals surface area (Å²) in [5, 5.41) is 4.69. The van der Waals surface area contributed by atoms with E-state index in [1.807, 2.05) is 18.2 Å². The molecular weight excluding hydrogens is 457 g/mol. The Morgan fingerprint density at radius 3 is 2.65 bits per heavy atom. The van der Waals surface area contributed by atoms with Crippen molar-refractivity contribution < 1.29 is 18.7 Å². The van der Waals surface area contributed by atoms with Crippen LogP contribution in [0.1, 0.15) is 22.9 Å². The number of hydrogen-bond donors (Lipinski definition) is 2. The molecule has 0 saturated carbocycles. The lowest BCUT2D eigenvalue weighted by Crippen LogP contribution is -2.43. The van der Waals surface area contributed by atoms with Crippen LogP contribution in [0.2, 0.25) is 5.02 Å². The van der Waals surface area contributed by atoms with Crippen LogP contribution in [0.3, 0.4) is 0 Å². The molecule has 1 aromatic heterocycles. The highest BCUT2D eigenvalue weighted by atomic mass is 35.5. The zero-order valence-electron chi connectivity index (χ0n) is 18.1. The normalized spacial score (nSPS) is 16.9. The molecule has 6 rings (SSSR count). The van der Waals surface area contributed by atoms with Gasteiger partial charge in [0.2, 0.25) is 0 Å². The summed E-state index contributed by atoms with van der Waals surface area (Å²) in [4.78, 5) is 18.8. The minimum absolute atomic E-state index is 0.256. The summed E-state index contributed by atoms with van der Waals surface area (Å²) in [6, 6.07) is 16.7. The summed E-state index contributed by atoms with van der Waals surface area (Å²) in [6.07, 6.45) is 0.669. The first-order chi connectivity index (χ1) is 16.6. The Balaban J connectivity index is 1.38. The third-order valence-corrected chi connectivity index (χ3v) is 6.56. The van der Waals surface area contributed by atoms with Crippen molar-refractivity contribution in [3.05, 3.63) is 88.3 Å². The molecule has 172 valence electrons. The van der Waals surface area contributed by atoms with Crippen molar-refractivity contribution in [2.24, 2.45) is 0 Å². The molecule has 0 bridgehead atoms. The van der Waals surface area contributed by atoms with Gasteiger partial charge in [-0.1, -0.05) is 23.7 Å². The number of benzene rings is 3. The number of amides is 2. The van der Waals surface area contributed by atoms with Crippen LogP contribution in [0, 0.1) is 5.82 Å². The van der Waals surface area contributed by atoms with E-state index in [0.29, 0.717) is 48.4 Å². The van der Waals surface area contributed by atoms with Crippen molar-refractivity contribution in [2.75, 3.05) is 25.1 Å². The first kappa shape index (κ1) is 20.9. The number of anilines is 1. The number of rotatable bonds is 2. The van der Waals surface area contributed by atoms with Gasteiger partial charge < -0.3 is 24.7 Å². The number of halogens is 2. The molecule has 34 heavy (non-hydrogen) atoms. The van der Waals surface area contributed by atoms with Crippen LogP contribution in [0.25, 0.3) is 10.9 Å². The van der Waals surface area contributed by atoms with E-state index in [4.69, 9.17) is 21.1 Å². The molecule has 0 unspecified atom stereocenters. The molecule has 2 aliphatic heterocycles. The number of fused-ring (bicyclic) bond motifs is 4. The molecule has 1 atom stereocenters. The second kappa shape index (κ2) is 8.25. The van der Waals surface area contributed by atoms with Gasteiger partial charge in [0.15, 0.2) is 11.5 Å². The quantitative estimate of drug-likeness (QED) is 0.377. The Morgan fingerprint density at radius 2 is 1.82 bits per heavy atom. The van der Waals surface area contributed by atoms with Gasteiger partial charge in [-0.25, -0.2) is 9.18 Å². The number of carbonyl (C=O) groups excluding carboxylic acids is 1. The average Bonchev–Trinajstić information content (AvgIpc) is 3.22. The lowest BCUT2D eigenvalue weighted by atomic mass is 9.92. The molecule has 2 aliphatic rings. The topological polar surface area (TPSA) is 66.6 Å². The van der Waals surface area contributed by atoms with Crippen LogP contribution in [0.15, 0.2) is 60.7 Å². The van der Waals surface area contributed by atoms with Crippen LogP contribution >= 0.6 is 11.6 Å². The smallest absolute Gasteiger partial charge is 0.322 e. The molecule has 0 aliphatic carbocycles. The van der Waals surface area contributed by atoms with Crippen LogP contribution in [0.4, 0.5) is 14.9 Å². The van der Waals surface area contributed by atoms with Crippen molar-refractivity contribution in [3.8, 4) is 11.5 Å². The monoisotopic (exact) mass is 477 g/mol. The van der Waals surface area contributed by atoms with E-state index in [9.17, 15) is 9.18 Å².